The number of likely N-dealkylation sites (tertiary alicyclic amines) is 1. The molecule has 25 heavy (non-hydrogen) atoms. The highest BCUT2D eigenvalue weighted by molar-refractivity contribution is 5.78. The van der Waals surface area contributed by atoms with Crippen LogP contribution in [0.2, 0.25) is 0 Å². The first-order valence-electron chi connectivity index (χ1n) is 8.39. The van der Waals surface area contributed by atoms with E-state index < -0.39 is 0 Å². The van der Waals surface area contributed by atoms with Gasteiger partial charge in [-0.15, -0.1) is 0 Å². The Morgan fingerprint density at radius 3 is 2.64 bits per heavy atom. The largest absolute Gasteiger partial charge is 0.497 e. The molecule has 1 saturated heterocycles. The molecule has 0 unspecified atom stereocenters. The number of ether oxygens (including phenoxy) is 1. The van der Waals surface area contributed by atoms with Crippen molar-refractivity contribution in [3.8, 4) is 23.3 Å². The third kappa shape index (κ3) is 3.82. The monoisotopic (exact) mass is 339 g/mol. The molecule has 2 aromatic rings. The molecule has 1 aliphatic heterocycles. The van der Waals surface area contributed by atoms with Crippen LogP contribution in [0.3, 0.4) is 0 Å². The van der Waals surface area contributed by atoms with Crippen molar-refractivity contribution in [3.05, 3.63) is 35.7 Å². The SMILES string of the molecule is COc1ccc(-c2nc(CC(=O)N3CCC(C#N)CC3)c(C)o2)cc1. The summed E-state index contributed by atoms with van der Waals surface area (Å²) in [4.78, 5) is 18.8. The van der Waals surface area contributed by atoms with Gasteiger partial charge in [0, 0.05) is 24.6 Å². The quantitative estimate of drug-likeness (QED) is 0.855. The summed E-state index contributed by atoms with van der Waals surface area (Å²) < 4.78 is 10.9. The fourth-order valence-electron chi connectivity index (χ4n) is 2.96. The van der Waals surface area contributed by atoms with Gasteiger partial charge in [0.25, 0.3) is 0 Å². The molecule has 0 bridgehead atoms. The van der Waals surface area contributed by atoms with E-state index in [-0.39, 0.29) is 18.2 Å². The highest BCUT2D eigenvalue weighted by Gasteiger charge is 2.24. The van der Waals surface area contributed by atoms with Crippen molar-refractivity contribution in [1.29, 1.82) is 5.26 Å². The van der Waals surface area contributed by atoms with E-state index in [2.05, 4.69) is 11.1 Å². The molecule has 0 saturated carbocycles. The lowest BCUT2D eigenvalue weighted by atomic mass is 9.98. The molecule has 1 amide bonds. The van der Waals surface area contributed by atoms with E-state index in [0.717, 1.165) is 24.2 Å². The molecule has 0 spiro atoms. The second-order valence-electron chi connectivity index (χ2n) is 6.21. The molecular formula is C19H21N3O3. The van der Waals surface area contributed by atoms with Crippen molar-refractivity contribution in [2.45, 2.75) is 26.2 Å². The zero-order valence-electron chi connectivity index (χ0n) is 14.5. The topological polar surface area (TPSA) is 79.4 Å². The number of amides is 1. The van der Waals surface area contributed by atoms with Gasteiger partial charge in [0.2, 0.25) is 11.8 Å². The van der Waals surface area contributed by atoms with Crippen LogP contribution in [0.5, 0.6) is 5.75 Å². The van der Waals surface area contributed by atoms with Gasteiger partial charge in [0.15, 0.2) is 0 Å². The Labute approximate surface area is 147 Å². The number of carbonyl (C=O) groups is 1. The Morgan fingerprint density at radius 1 is 1.36 bits per heavy atom. The average Bonchev–Trinajstić information content (AvgIpc) is 3.02. The Balaban J connectivity index is 1.68. The van der Waals surface area contributed by atoms with Crippen LogP contribution in [-0.2, 0) is 11.2 Å². The lowest BCUT2D eigenvalue weighted by Gasteiger charge is -2.29. The maximum absolute atomic E-state index is 12.5. The summed E-state index contributed by atoms with van der Waals surface area (Å²) in [6, 6.07) is 9.72. The number of piperidine rings is 1. The fraction of sp³-hybridized carbons (Fsp3) is 0.421. The summed E-state index contributed by atoms with van der Waals surface area (Å²) in [5.41, 5.74) is 1.51. The molecule has 0 aliphatic carbocycles. The molecule has 6 nitrogen and oxygen atoms in total. The Morgan fingerprint density at radius 2 is 2.04 bits per heavy atom. The molecule has 1 aliphatic rings. The Bertz CT molecular complexity index is 781. The number of carbonyl (C=O) groups excluding carboxylic acids is 1. The van der Waals surface area contributed by atoms with Gasteiger partial charge in [0.1, 0.15) is 11.5 Å². The smallest absolute Gasteiger partial charge is 0.228 e. The molecule has 130 valence electrons. The second kappa shape index (κ2) is 7.39. The molecule has 1 fully saturated rings. The fourth-order valence-corrected chi connectivity index (χ4v) is 2.96. The lowest BCUT2D eigenvalue weighted by Crippen LogP contribution is -2.39. The highest BCUT2D eigenvalue weighted by Crippen LogP contribution is 2.25. The number of hydrogen-bond acceptors (Lipinski definition) is 5. The van der Waals surface area contributed by atoms with Gasteiger partial charge in [-0.05, 0) is 44.0 Å². The van der Waals surface area contributed by atoms with Crippen LogP contribution in [0.1, 0.15) is 24.3 Å². The minimum atomic E-state index is 0.0362. The number of hydrogen-bond donors (Lipinski definition) is 0. The third-order valence-corrected chi connectivity index (χ3v) is 4.58. The van der Waals surface area contributed by atoms with E-state index in [4.69, 9.17) is 14.4 Å². The number of oxazole rings is 1. The molecule has 0 radical (unpaired) electrons. The zero-order chi connectivity index (χ0) is 17.8. The third-order valence-electron chi connectivity index (χ3n) is 4.58. The standard InChI is InChI=1S/C19H21N3O3/c1-13-17(11-18(23)22-9-7-14(12-20)8-10-22)21-19(25-13)15-3-5-16(24-2)6-4-15/h3-6,14H,7-11H2,1-2H3. The minimum Gasteiger partial charge on any atom is -0.497 e. The van der Waals surface area contributed by atoms with Crippen LogP contribution < -0.4 is 4.74 Å². The predicted molar refractivity (Wildman–Crippen MR) is 91.8 cm³/mol. The van der Waals surface area contributed by atoms with Crippen molar-refractivity contribution in [2.24, 2.45) is 5.92 Å². The van der Waals surface area contributed by atoms with Crippen molar-refractivity contribution in [2.75, 3.05) is 20.2 Å². The number of benzene rings is 1. The molecule has 3 rings (SSSR count). The van der Waals surface area contributed by atoms with E-state index >= 15 is 0 Å². The zero-order valence-corrected chi connectivity index (χ0v) is 14.5. The van der Waals surface area contributed by atoms with Crippen LogP contribution in [0.25, 0.3) is 11.5 Å². The van der Waals surface area contributed by atoms with Gasteiger partial charge in [-0.3, -0.25) is 4.79 Å². The maximum atomic E-state index is 12.5. The molecule has 6 heteroatoms. The van der Waals surface area contributed by atoms with Gasteiger partial charge in [-0.2, -0.15) is 5.26 Å². The van der Waals surface area contributed by atoms with Crippen molar-refractivity contribution in [3.63, 3.8) is 0 Å². The summed E-state index contributed by atoms with van der Waals surface area (Å²) in [7, 11) is 1.62. The maximum Gasteiger partial charge on any atom is 0.228 e. The van der Waals surface area contributed by atoms with E-state index in [9.17, 15) is 4.79 Å². The molecule has 0 N–H and O–H groups in total. The van der Waals surface area contributed by atoms with Crippen LogP contribution >= 0.6 is 0 Å². The number of aryl methyl sites for hydroxylation is 1. The summed E-state index contributed by atoms with van der Waals surface area (Å²) in [5.74, 6) is 2.04. The first-order valence-corrected chi connectivity index (χ1v) is 8.39. The number of rotatable bonds is 4. The Kier molecular flexibility index (Phi) is 5.03. The molecular weight excluding hydrogens is 318 g/mol. The van der Waals surface area contributed by atoms with E-state index in [0.29, 0.717) is 30.4 Å². The predicted octanol–water partition coefficient (Wildman–Crippen LogP) is 2.96. The van der Waals surface area contributed by atoms with Crippen LogP contribution in [0.4, 0.5) is 0 Å². The van der Waals surface area contributed by atoms with Crippen molar-refractivity contribution >= 4 is 5.91 Å². The minimum absolute atomic E-state index is 0.0362. The van der Waals surface area contributed by atoms with Gasteiger partial charge in [-0.1, -0.05) is 0 Å². The van der Waals surface area contributed by atoms with Gasteiger partial charge in [0.05, 0.1) is 25.3 Å². The lowest BCUT2D eigenvalue weighted by molar-refractivity contribution is -0.131. The van der Waals surface area contributed by atoms with Crippen LogP contribution in [-0.4, -0.2) is 36.0 Å². The van der Waals surface area contributed by atoms with E-state index in [1.165, 1.54) is 0 Å². The van der Waals surface area contributed by atoms with Crippen molar-refractivity contribution < 1.29 is 13.9 Å². The number of nitrogens with zero attached hydrogens (tertiary/aromatic N) is 3. The first kappa shape index (κ1) is 17.0. The van der Waals surface area contributed by atoms with E-state index in [1.807, 2.05) is 36.1 Å². The molecule has 2 heterocycles. The highest BCUT2D eigenvalue weighted by atomic mass is 16.5. The van der Waals surface area contributed by atoms with Gasteiger partial charge < -0.3 is 14.1 Å². The van der Waals surface area contributed by atoms with Gasteiger partial charge >= 0.3 is 0 Å². The molecule has 0 atom stereocenters. The average molecular weight is 339 g/mol. The summed E-state index contributed by atoms with van der Waals surface area (Å²) in [5, 5.41) is 8.95. The molecule has 1 aromatic heterocycles. The normalized spacial score (nSPS) is 15.0. The number of methoxy groups -OCH3 is 1. The number of nitriles is 1. The second-order valence-corrected chi connectivity index (χ2v) is 6.21. The van der Waals surface area contributed by atoms with Gasteiger partial charge in [-0.25, -0.2) is 4.98 Å². The van der Waals surface area contributed by atoms with Crippen molar-refractivity contribution in [1.82, 2.24) is 9.88 Å². The van der Waals surface area contributed by atoms with Crippen LogP contribution in [0, 0.1) is 24.2 Å². The van der Waals surface area contributed by atoms with Crippen LogP contribution in [0.15, 0.2) is 28.7 Å². The summed E-state index contributed by atoms with van der Waals surface area (Å²) >= 11 is 0. The Hall–Kier alpha value is -2.81. The summed E-state index contributed by atoms with van der Waals surface area (Å²) in [6.07, 6.45) is 1.72. The first-order chi connectivity index (χ1) is 12.1. The summed E-state index contributed by atoms with van der Waals surface area (Å²) in [6.45, 7) is 3.10. The molecule has 1 aromatic carbocycles. The van der Waals surface area contributed by atoms with E-state index in [1.54, 1.807) is 7.11 Å². The number of aromatic nitrogens is 1.